The third-order valence-corrected chi connectivity index (χ3v) is 3.08. The van der Waals surface area contributed by atoms with E-state index >= 15 is 0 Å². The molecule has 2 aromatic carbocycles. The zero-order chi connectivity index (χ0) is 14.4. The SMILES string of the molecule is COc1ccc(OCCC(=O)c2ccc(Cl)cc2)cc1. The second-order valence-corrected chi connectivity index (χ2v) is 4.64. The number of ketones is 1. The van der Waals surface area contributed by atoms with Gasteiger partial charge in [-0.1, -0.05) is 11.6 Å². The van der Waals surface area contributed by atoms with Crippen LogP contribution >= 0.6 is 11.6 Å². The van der Waals surface area contributed by atoms with Crippen molar-refractivity contribution in [1.29, 1.82) is 0 Å². The number of rotatable bonds is 6. The molecule has 0 unspecified atom stereocenters. The van der Waals surface area contributed by atoms with E-state index in [0.717, 1.165) is 11.5 Å². The van der Waals surface area contributed by atoms with Crippen LogP contribution in [-0.2, 0) is 0 Å². The van der Waals surface area contributed by atoms with Gasteiger partial charge >= 0.3 is 0 Å². The number of benzene rings is 2. The molecule has 0 N–H and O–H groups in total. The van der Waals surface area contributed by atoms with Crippen LogP contribution in [0.5, 0.6) is 11.5 Å². The van der Waals surface area contributed by atoms with Crippen molar-refractivity contribution in [3.05, 3.63) is 59.1 Å². The first kappa shape index (κ1) is 14.4. The number of carbonyl (C=O) groups is 1. The molecular formula is C16H15ClO3. The van der Waals surface area contributed by atoms with Crippen molar-refractivity contribution in [3.63, 3.8) is 0 Å². The first-order valence-corrected chi connectivity index (χ1v) is 6.62. The van der Waals surface area contributed by atoms with Crippen LogP contribution in [0.4, 0.5) is 0 Å². The average molecular weight is 291 g/mol. The summed E-state index contributed by atoms with van der Waals surface area (Å²) >= 11 is 5.78. The fraction of sp³-hybridized carbons (Fsp3) is 0.188. The lowest BCUT2D eigenvalue weighted by atomic mass is 10.1. The molecule has 0 spiro atoms. The predicted molar refractivity (Wildman–Crippen MR) is 78.9 cm³/mol. The van der Waals surface area contributed by atoms with Gasteiger partial charge in [-0.2, -0.15) is 0 Å². The van der Waals surface area contributed by atoms with Crippen molar-refractivity contribution in [2.24, 2.45) is 0 Å². The van der Waals surface area contributed by atoms with Gasteiger partial charge in [0.15, 0.2) is 5.78 Å². The smallest absolute Gasteiger partial charge is 0.166 e. The van der Waals surface area contributed by atoms with E-state index < -0.39 is 0 Å². The van der Waals surface area contributed by atoms with Crippen LogP contribution in [0.25, 0.3) is 0 Å². The molecule has 0 aliphatic rings. The monoisotopic (exact) mass is 290 g/mol. The molecule has 0 atom stereocenters. The van der Waals surface area contributed by atoms with Crippen LogP contribution < -0.4 is 9.47 Å². The molecule has 3 nitrogen and oxygen atoms in total. The van der Waals surface area contributed by atoms with Gasteiger partial charge < -0.3 is 9.47 Å². The zero-order valence-corrected chi connectivity index (χ0v) is 11.9. The summed E-state index contributed by atoms with van der Waals surface area (Å²) in [6.07, 6.45) is 0.327. The van der Waals surface area contributed by atoms with Crippen LogP contribution in [0.2, 0.25) is 5.02 Å². The lowest BCUT2D eigenvalue weighted by molar-refractivity contribution is 0.0962. The van der Waals surface area contributed by atoms with Gasteiger partial charge in [0.1, 0.15) is 11.5 Å². The molecule has 20 heavy (non-hydrogen) atoms. The second kappa shape index (κ2) is 6.96. The summed E-state index contributed by atoms with van der Waals surface area (Å²) in [7, 11) is 1.61. The van der Waals surface area contributed by atoms with Crippen molar-refractivity contribution in [1.82, 2.24) is 0 Å². The summed E-state index contributed by atoms with van der Waals surface area (Å²) in [5, 5.41) is 0.621. The van der Waals surface area contributed by atoms with Gasteiger partial charge in [0.05, 0.1) is 13.7 Å². The quantitative estimate of drug-likeness (QED) is 0.754. The van der Waals surface area contributed by atoms with E-state index in [2.05, 4.69) is 0 Å². The van der Waals surface area contributed by atoms with Gasteiger partial charge in [-0.3, -0.25) is 4.79 Å². The van der Waals surface area contributed by atoms with E-state index in [1.54, 1.807) is 31.4 Å². The second-order valence-electron chi connectivity index (χ2n) is 4.20. The summed E-state index contributed by atoms with van der Waals surface area (Å²) in [6, 6.07) is 14.1. The molecule has 4 heteroatoms. The number of halogens is 1. The molecule has 2 aromatic rings. The van der Waals surface area contributed by atoms with Crippen LogP contribution in [0, 0.1) is 0 Å². The standard InChI is InChI=1S/C16H15ClO3/c1-19-14-6-8-15(9-7-14)20-11-10-16(18)12-2-4-13(17)5-3-12/h2-9H,10-11H2,1H3. The van der Waals surface area contributed by atoms with Crippen molar-refractivity contribution < 1.29 is 14.3 Å². The van der Waals surface area contributed by atoms with Gasteiger partial charge in [-0.25, -0.2) is 0 Å². The number of Topliss-reactive ketones (excluding diaryl/α,β-unsaturated/α-hetero) is 1. The summed E-state index contributed by atoms with van der Waals surface area (Å²) in [5.41, 5.74) is 0.646. The van der Waals surface area contributed by atoms with E-state index in [1.807, 2.05) is 24.3 Å². The number of ether oxygens (including phenoxy) is 2. The molecule has 0 radical (unpaired) electrons. The Morgan fingerprint density at radius 3 is 2.20 bits per heavy atom. The fourth-order valence-corrected chi connectivity index (χ4v) is 1.84. The fourth-order valence-electron chi connectivity index (χ4n) is 1.71. The first-order valence-electron chi connectivity index (χ1n) is 6.24. The summed E-state index contributed by atoms with van der Waals surface area (Å²) in [5.74, 6) is 1.53. The highest BCUT2D eigenvalue weighted by Gasteiger charge is 2.06. The number of hydrogen-bond donors (Lipinski definition) is 0. The molecular weight excluding hydrogens is 276 g/mol. The lowest BCUT2D eigenvalue weighted by Gasteiger charge is -2.06. The maximum atomic E-state index is 11.9. The highest BCUT2D eigenvalue weighted by Crippen LogP contribution is 2.17. The predicted octanol–water partition coefficient (Wildman–Crippen LogP) is 4.00. The van der Waals surface area contributed by atoms with E-state index in [1.165, 1.54) is 0 Å². The van der Waals surface area contributed by atoms with Crippen molar-refractivity contribution in [3.8, 4) is 11.5 Å². The summed E-state index contributed by atoms with van der Waals surface area (Å²) in [6.45, 7) is 0.341. The van der Waals surface area contributed by atoms with E-state index in [9.17, 15) is 4.79 Å². The average Bonchev–Trinajstić information content (AvgIpc) is 2.48. The molecule has 0 saturated carbocycles. The topological polar surface area (TPSA) is 35.5 Å². The third kappa shape index (κ3) is 4.00. The molecule has 0 aliphatic carbocycles. The maximum Gasteiger partial charge on any atom is 0.166 e. The van der Waals surface area contributed by atoms with E-state index in [0.29, 0.717) is 23.6 Å². The van der Waals surface area contributed by atoms with Crippen molar-refractivity contribution >= 4 is 17.4 Å². The van der Waals surface area contributed by atoms with Gasteiger partial charge in [0, 0.05) is 17.0 Å². The van der Waals surface area contributed by atoms with Crippen molar-refractivity contribution in [2.45, 2.75) is 6.42 Å². The highest BCUT2D eigenvalue weighted by molar-refractivity contribution is 6.30. The summed E-state index contributed by atoms with van der Waals surface area (Å²) in [4.78, 5) is 11.9. The molecule has 104 valence electrons. The number of methoxy groups -OCH3 is 1. The largest absolute Gasteiger partial charge is 0.497 e. The molecule has 0 fully saturated rings. The van der Waals surface area contributed by atoms with Crippen molar-refractivity contribution in [2.75, 3.05) is 13.7 Å². The molecule has 0 amide bonds. The maximum absolute atomic E-state index is 11.9. The van der Waals surface area contributed by atoms with E-state index in [4.69, 9.17) is 21.1 Å². The summed E-state index contributed by atoms with van der Waals surface area (Å²) < 4.78 is 10.6. The van der Waals surface area contributed by atoms with E-state index in [-0.39, 0.29) is 5.78 Å². The lowest BCUT2D eigenvalue weighted by Crippen LogP contribution is -2.06. The molecule has 0 aliphatic heterocycles. The minimum atomic E-state index is 0.0372. The number of hydrogen-bond acceptors (Lipinski definition) is 3. The Hall–Kier alpha value is -2.00. The van der Waals surface area contributed by atoms with Crippen LogP contribution in [0.3, 0.4) is 0 Å². The Bertz CT molecular complexity index is 561. The first-order chi connectivity index (χ1) is 9.69. The Morgan fingerprint density at radius 2 is 1.60 bits per heavy atom. The molecule has 2 rings (SSSR count). The third-order valence-electron chi connectivity index (χ3n) is 2.82. The van der Waals surface area contributed by atoms with Crippen LogP contribution in [0.15, 0.2) is 48.5 Å². The Balaban J connectivity index is 1.82. The number of carbonyl (C=O) groups excluding carboxylic acids is 1. The van der Waals surface area contributed by atoms with Gasteiger partial charge in [0.2, 0.25) is 0 Å². The molecule has 0 aromatic heterocycles. The molecule has 0 saturated heterocycles. The zero-order valence-electron chi connectivity index (χ0n) is 11.1. The van der Waals surface area contributed by atoms with Gasteiger partial charge in [0.25, 0.3) is 0 Å². The van der Waals surface area contributed by atoms with Gasteiger partial charge in [-0.15, -0.1) is 0 Å². The minimum Gasteiger partial charge on any atom is -0.497 e. The Morgan fingerprint density at radius 1 is 1.00 bits per heavy atom. The van der Waals surface area contributed by atoms with Crippen LogP contribution in [-0.4, -0.2) is 19.5 Å². The normalized spacial score (nSPS) is 10.1. The highest BCUT2D eigenvalue weighted by atomic mass is 35.5. The molecule has 0 heterocycles. The van der Waals surface area contributed by atoms with Gasteiger partial charge in [-0.05, 0) is 48.5 Å². The van der Waals surface area contributed by atoms with Crippen LogP contribution in [0.1, 0.15) is 16.8 Å². The Labute approximate surface area is 123 Å². The molecule has 0 bridgehead atoms. The Kier molecular flexibility index (Phi) is 5.02. The minimum absolute atomic E-state index is 0.0372.